The lowest BCUT2D eigenvalue weighted by atomic mass is 9.95. The maximum Gasteiger partial charge on any atom is 0.313 e. The molecule has 1 fully saturated rings. The molecule has 2 heterocycles. The number of hydrogen-bond acceptors (Lipinski definition) is 6. The molecule has 0 saturated carbocycles. The van der Waals surface area contributed by atoms with Gasteiger partial charge in [0.25, 0.3) is 5.69 Å². The van der Waals surface area contributed by atoms with Gasteiger partial charge in [0.15, 0.2) is 0 Å². The number of anilines is 1. The molecule has 2 amide bonds. The van der Waals surface area contributed by atoms with E-state index in [0.29, 0.717) is 24.6 Å². The molecule has 0 spiro atoms. The van der Waals surface area contributed by atoms with Crippen LogP contribution in [-0.2, 0) is 9.59 Å². The Bertz CT molecular complexity index is 877. The van der Waals surface area contributed by atoms with Gasteiger partial charge in [-0.05, 0) is 61.8 Å². The number of nitro groups is 1. The quantitative estimate of drug-likeness (QED) is 0.428. The second-order valence-electron chi connectivity index (χ2n) is 7.12. The van der Waals surface area contributed by atoms with Gasteiger partial charge in [-0.3, -0.25) is 19.7 Å². The second-order valence-corrected chi connectivity index (χ2v) is 8.10. The van der Waals surface area contributed by atoms with Crippen molar-refractivity contribution in [2.24, 2.45) is 0 Å². The zero-order valence-corrected chi connectivity index (χ0v) is 17.0. The standard InChI is InChI=1S/C20H24N4O4S/c1-14-4-5-16(17(13-14)24(27)28)22-20(26)19(25)21-8-11-23-9-6-15(7-10-23)18-3-2-12-29-18/h2-5,12-13,15H,6-11H2,1H3,(H,21,25)(H,22,26). The van der Waals surface area contributed by atoms with Gasteiger partial charge in [0, 0.05) is 24.0 Å². The zero-order chi connectivity index (χ0) is 20.8. The van der Waals surface area contributed by atoms with Gasteiger partial charge < -0.3 is 15.5 Å². The molecule has 9 heteroatoms. The van der Waals surface area contributed by atoms with Crippen molar-refractivity contribution in [3.8, 4) is 0 Å². The molecule has 29 heavy (non-hydrogen) atoms. The number of nitrogens with one attached hydrogen (secondary N) is 2. The van der Waals surface area contributed by atoms with E-state index in [9.17, 15) is 19.7 Å². The number of carbonyl (C=O) groups is 2. The van der Waals surface area contributed by atoms with Gasteiger partial charge >= 0.3 is 11.8 Å². The summed E-state index contributed by atoms with van der Waals surface area (Å²) < 4.78 is 0. The molecule has 2 N–H and O–H groups in total. The summed E-state index contributed by atoms with van der Waals surface area (Å²) in [6, 6.07) is 8.68. The summed E-state index contributed by atoms with van der Waals surface area (Å²) in [5.41, 5.74) is 0.471. The van der Waals surface area contributed by atoms with Crippen molar-refractivity contribution >= 4 is 34.5 Å². The zero-order valence-electron chi connectivity index (χ0n) is 16.2. The molecule has 3 rings (SSSR count). The molecule has 0 radical (unpaired) electrons. The molecule has 1 aliphatic rings. The highest BCUT2D eigenvalue weighted by atomic mass is 32.1. The molecule has 154 valence electrons. The number of likely N-dealkylation sites (tertiary alicyclic amines) is 1. The van der Waals surface area contributed by atoms with E-state index >= 15 is 0 Å². The Labute approximate surface area is 173 Å². The van der Waals surface area contributed by atoms with Crippen LogP contribution in [0.25, 0.3) is 0 Å². The fourth-order valence-corrected chi connectivity index (χ4v) is 4.35. The van der Waals surface area contributed by atoms with E-state index in [1.54, 1.807) is 24.3 Å². The Morgan fingerprint density at radius 2 is 2.00 bits per heavy atom. The Morgan fingerprint density at radius 3 is 2.66 bits per heavy atom. The second kappa shape index (κ2) is 9.62. The molecule has 0 bridgehead atoms. The molecule has 0 unspecified atom stereocenters. The van der Waals surface area contributed by atoms with Gasteiger partial charge in [0.05, 0.1) is 4.92 Å². The van der Waals surface area contributed by atoms with Crippen LogP contribution in [0.1, 0.15) is 29.2 Å². The highest BCUT2D eigenvalue weighted by Gasteiger charge is 2.22. The summed E-state index contributed by atoms with van der Waals surface area (Å²) >= 11 is 1.80. The largest absolute Gasteiger partial charge is 0.347 e. The van der Waals surface area contributed by atoms with Crippen molar-refractivity contribution in [3.63, 3.8) is 0 Å². The molecule has 1 saturated heterocycles. The van der Waals surface area contributed by atoms with Gasteiger partial charge in [-0.25, -0.2) is 0 Å². The van der Waals surface area contributed by atoms with Crippen molar-refractivity contribution < 1.29 is 14.5 Å². The van der Waals surface area contributed by atoms with Crippen LogP contribution in [0.4, 0.5) is 11.4 Å². The van der Waals surface area contributed by atoms with Crippen LogP contribution >= 0.6 is 11.3 Å². The van der Waals surface area contributed by atoms with E-state index in [1.165, 1.54) is 17.0 Å². The maximum atomic E-state index is 12.1. The van der Waals surface area contributed by atoms with E-state index in [4.69, 9.17) is 0 Å². The summed E-state index contributed by atoms with van der Waals surface area (Å²) in [4.78, 5) is 38.3. The number of nitro benzene ring substituents is 1. The first-order valence-corrected chi connectivity index (χ1v) is 10.4. The molecule has 0 aliphatic carbocycles. The third-order valence-corrected chi connectivity index (χ3v) is 6.09. The van der Waals surface area contributed by atoms with Gasteiger partial charge in [-0.15, -0.1) is 11.3 Å². The van der Waals surface area contributed by atoms with Gasteiger partial charge in [-0.1, -0.05) is 12.1 Å². The summed E-state index contributed by atoms with van der Waals surface area (Å²) in [5.74, 6) is -1.10. The predicted molar refractivity (Wildman–Crippen MR) is 112 cm³/mol. The first-order valence-electron chi connectivity index (χ1n) is 9.54. The van der Waals surface area contributed by atoms with E-state index in [2.05, 4.69) is 33.0 Å². The fraction of sp³-hybridized carbons (Fsp3) is 0.400. The summed E-state index contributed by atoms with van der Waals surface area (Å²) in [7, 11) is 0. The SMILES string of the molecule is Cc1ccc(NC(=O)C(=O)NCCN2CCC(c3cccs3)CC2)c([N+](=O)[O-])c1. The van der Waals surface area contributed by atoms with E-state index < -0.39 is 16.7 Å². The van der Waals surface area contributed by atoms with Crippen molar-refractivity contribution in [1.82, 2.24) is 10.2 Å². The predicted octanol–water partition coefficient (Wildman–Crippen LogP) is 2.90. The average Bonchev–Trinajstić information content (AvgIpc) is 3.24. The monoisotopic (exact) mass is 416 g/mol. The van der Waals surface area contributed by atoms with Crippen molar-refractivity contribution in [3.05, 3.63) is 56.3 Å². The van der Waals surface area contributed by atoms with Crippen molar-refractivity contribution in [1.29, 1.82) is 0 Å². The summed E-state index contributed by atoms with van der Waals surface area (Å²) in [6.45, 7) is 4.65. The number of rotatable bonds is 6. The van der Waals surface area contributed by atoms with Crippen LogP contribution < -0.4 is 10.6 Å². The Kier molecular flexibility index (Phi) is 6.95. The number of amides is 2. The molecular weight excluding hydrogens is 392 g/mol. The minimum absolute atomic E-state index is 0.0106. The molecule has 8 nitrogen and oxygen atoms in total. The molecule has 2 aromatic rings. The van der Waals surface area contributed by atoms with E-state index in [-0.39, 0.29) is 11.4 Å². The highest BCUT2D eigenvalue weighted by Crippen LogP contribution is 2.30. The Balaban J connectivity index is 1.42. The van der Waals surface area contributed by atoms with Crippen LogP contribution in [0, 0.1) is 17.0 Å². The third-order valence-electron chi connectivity index (χ3n) is 5.05. The van der Waals surface area contributed by atoms with Crippen molar-refractivity contribution in [2.75, 3.05) is 31.5 Å². The topological polar surface area (TPSA) is 105 Å². The normalized spacial score (nSPS) is 15.1. The number of piperidine rings is 1. The van der Waals surface area contributed by atoms with Crippen LogP contribution in [0.5, 0.6) is 0 Å². The molecular formula is C20H24N4O4S. The molecule has 1 aromatic carbocycles. The van der Waals surface area contributed by atoms with Gasteiger partial charge in [0.1, 0.15) is 5.69 Å². The van der Waals surface area contributed by atoms with Gasteiger partial charge in [0.2, 0.25) is 0 Å². The minimum atomic E-state index is -0.909. The van der Waals surface area contributed by atoms with Crippen LogP contribution in [0.15, 0.2) is 35.7 Å². The number of nitrogens with zero attached hydrogens (tertiary/aromatic N) is 2. The number of hydrogen-bond donors (Lipinski definition) is 2. The summed E-state index contributed by atoms with van der Waals surface area (Å²) in [5, 5.41) is 18.1. The van der Waals surface area contributed by atoms with Crippen LogP contribution in [0.2, 0.25) is 0 Å². The molecule has 0 atom stereocenters. The first-order chi connectivity index (χ1) is 13.9. The summed E-state index contributed by atoms with van der Waals surface area (Å²) in [6.07, 6.45) is 2.18. The smallest absolute Gasteiger partial charge is 0.313 e. The molecule has 1 aromatic heterocycles. The molecule has 1 aliphatic heterocycles. The van der Waals surface area contributed by atoms with Crippen LogP contribution in [-0.4, -0.2) is 47.8 Å². The first kappa shape index (κ1) is 20.9. The van der Waals surface area contributed by atoms with E-state index in [1.807, 2.05) is 0 Å². The minimum Gasteiger partial charge on any atom is -0.347 e. The van der Waals surface area contributed by atoms with Crippen LogP contribution in [0.3, 0.4) is 0 Å². The van der Waals surface area contributed by atoms with E-state index in [0.717, 1.165) is 25.9 Å². The number of carbonyl (C=O) groups excluding carboxylic acids is 2. The number of benzene rings is 1. The number of thiophene rings is 1. The lowest BCUT2D eigenvalue weighted by molar-refractivity contribution is -0.384. The lowest BCUT2D eigenvalue weighted by Gasteiger charge is -2.31. The fourth-order valence-electron chi connectivity index (χ4n) is 3.45. The number of aryl methyl sites for hydroxylation is 1. The third kappa shape index (κ3) is 5.61. The van der Waals surface area contributed by atoms with Gasteiger partial charge in [-0.2, -0.15) is 0 Å². The average molecular weight is 417 g/mol. The Morgan fingerprint density at radius 1 is 1.24 bits per heavy atom. The lowest BCUT2D eigenvalue weighted by Crippen LogP contribution is -2.42. The van der Waals surface area contributed by atoms with Crippen molar-refractivity contribution in [2.45, 2.75) is 25.7 Å². The Hall–Kier alpha value is -2.78. The highest BCUT2D eigenvalue weighted by molar-refractivity contribution is 7.10. The maximum absolute atomic E-state index is 12.1.